The lowest BCUT2D eigenvalue weighted by Gasteiger charge is -2.00. The van der Waals surface area contributed by atoms with Gasteiger partial charge in [-0.05, 0) is 17.2 Å². The number of hydrogen-bond donors (Lipinski definition) is 0. The number of carbonyl (C=O) groups excluding carboxylic acids is 2. The first-order chi connectivity index (χ1) is 8.15. The zero-order valence-corrected chi connectivity index (χ0v) is 10.1. The Morgan fingerprint density at radius 2 is 1.88 bits per heavy atom. The summed E-state index contributed by atoms with van der Waals surface area (Å²) in [4.78, 5) is 22.1. The second-order valence-electron chi connectivity index (χ2n) is 3.67. The first-order valence-corrected chi connectivity index (χ1v) is 5.52. The Morgan fingerprint density at radius 1 is 1.24 bits per heavy atom. The van der Waals surface area contributed by atoms with Crippen molar-refractivity contribution in [2.45, 2.75) is 19.8 Å². The number of rotatable bonds is 5. The van der Waals surface area contributed by atoms with Crippen LogP contribution >= 0.6 is 0 Å². The van der Waals surface area contributed by atoms with Crippen LogP contribution in [0, 0.1) is 0 Å². The first kappa shape index (κ1) is 13.2. The van der Waals surface area contributed by atoms with Crippen LogP contribution in [0.4, 0.5) is 0 Å². The summed E-state index contributed by atoms with van der Waals surface area (Å²) in [6.07, 6.45) is 4.07. The molecule has 0 saturated carbocycles. The van der Waals surface area contributed by atoms with Crippen molar-refractivity contribution >= 4 is 17.8 Å². The van der Waals surface area contributed by atoms with E-state index in [-0.39, 0.29) is 11.8 Å². The summed E-state index contributed by atoms with van der Waals surface area (Å²) in [5.41, 5.74) is 1.90. The average Bonchev–Trinajstić information content (AvgIpc) is 2.37. The lowest BCUT2D eigenvalue weighted by molar-refractivity contribution is -0.134. The number of benzene rings is 1. The van der Waals surface area contributed by atoms with E-state index in [1.54, 1.807) is 6.08 Å². The van der Waals surface area contributed by atoms with Crippen molar-refractivity contribution in [3.05, 3.63) is 41.5 Å². The molecule has 0 aliphatic carbocycles. The van der Waals surface area contributed by atoms with Gasteiger partial charge in [-0.3, -0.25) is 4.79 Å². The second kappa shape index (κ2) is 6.63. The molecule has 1 aromatic rings. The molecule has 0 saturated heterocycles. The van der Waals surface area contributed by atoms with Gasteiger partial charge in [0.1, 0.15) is 5.78 Å². The fourth-order valence-electron chi connectivity index (χ4n) is 1.33. The van der Waals surface area contributed by atoms with E-state index in [4.69, 9.17) is 0 Å². The molecule has 0 N–H and O–H groups in total. The highest BCUT2D eigenvalue weighted by atomic mass is 16.5. The van der Waals surface area contributed by atoms with Crippen LogP contribution in [0.2, 0.25) is 0 Å². The van der Waals surface area contributed by atoms with Crippen molar-refractivity contribution in [3.8, 4) is 0 Å². The number of ketones is 1. The zero-order chi connectivity index (χ0) is 12.7. The summed E-state index contributed by atoms with van der Waals surface area (Å²) in [6.45, 7) is 1.86. The summed E-state index contributed by atoms with van der Waals surface area (Å²) in [6, 6.07) is 7.53. The van der Waals surface area contributed by atoms with Gasteiger partial charge in [-0.25, -0.2) is 4.79 Å². The SMILES string of the molecule is CCC(=O)Cc1ccc(C=CC(=O)OC)cc1. The molecule has 0 spiro atoms. The van der Waals surface area contributed by atoms with Crippen LogP contribution in [0.25, 0.3) is 6.08 Å². The van der Waals surface area contributed by atoms with Crippen LogP contribution in [0.3, 0.4) is 0 Å². The van der Waals surface area contributed by atoms with E-state index in [1.165, 1.54) is 13.2 Å². The molecule has 0 radical (unpaired) electrons. The van der Waals surface area contributed by atoms with Crippen molar-refractivity contribution in [1.29, 1.82) is 0 Å². The first-order valence-electron chi connectivity index (χ1n) is 5.52. The molecule has 0 aliphatic rings. The van der Waals surface area contributed by atoms with Gasteiger partial charge in [-0.2, -0.15) is 0 Å². The van der Waals surface area contributed by atoms with Gasteiger partial charge < -0.3 is 4.74 Å². The van der Waals surface area contributed by atoms with E-state index in [1.807, 2.05) is 31.2 Å². The van der Waals surface area contributed by atoms with Crippen molar-refractivity contribution in [1.82, 2.24) is 0 Å². The molecule has 0 unspecified atom stereocenters. The predicted molar refractivity (Wildman–Crippen MR) is 66.5 cm³/mol. The average molecular weight is 232 g/mol. The largest absolute Gasteiger partial charge is 0.466 e. The van der Waals surface area contributed by atoms with Crippen LogP contribution in [0.5, 0.6) is 0 Å². The molecular formula is C14H16O3. The number of hydrogen-bond acceptors (Lipinski definition) is 3. The Labute approximate surface area is 101 Å². The van der Waals surface area contributed by atoms with E-state index in [0.29, 0.717) is 12.8 Å². The van der Waals surface area contributed by atoms with Gasteiger partial charge in [-0.15, -0.1) is 0 Å². The number of esters is 1. The summed E-state index contributed by atoms with van der Waals surface area (Å²) >= 11 is 0. The maximum absolute atomic E-state index is 11.2. The van der Waals surface area contributed by atoms with Crippen LogP contribution in [0.15, 0.2) is 30.3 Å². The van der Waals surface area contributed by atoms with E-state index in [0.717, 1.165) is 11.1 Å². The van der Waals surface area contributed by atoms with Crippen molar-refractivity contribution < 1.29 is 14.3 Å². The monoisotopic (exact) mass is 232 g/mol. The molecule has 0 heterocycles. The van der Waals surface area contributed by atoms with E-state index in [2.05, 4.69) is 4.74 Å². The van der Waals surface area contributed by atoms with Gasteiger partial charge in [0.2, 0.25) is 0 Å². The molecule has 3 nitrogen and oxygen atoms in total. The quantitative estimate of drug-likeness (QED) is 0.578. The normalized spacial score (nSPS) is 10.5. The topological polar surface area (TPSA) is 43.4 Å². The van der Waals surface area contributed by atoms with Crippen molar-refractivity contribution in [2.75, 3.05) is 7.11 Å². The molecule has 0 amide bonds. The number of ether oxygens (including phenoxy) is 1. The standard InChI is InChI=1S/C14H16O3/c1-3-13(15)10-12-6-4-11(5-7-12)8-9-14(16)17-2/h4-9H,3,10H2,1-2H3. The number of methoxy groups -OCH3 is 1. The molecule has 90 valence electrons. The Hall–Kier alpha value is -1.90. The summed E-state index contributed by atoms with van der Waals surface area (Å²) in [7, 11) is 1.34. The molecule has 1 rings (SSSR count). The van der Waals surface area contributed by atoms with Crippen LogP contribution in [-0.4, -0.2) is 18.9 Å². The number of carbonyl (C=O) groups is 2. The third-order valence-electron chi connectivity index (χ3n) is 2.39. The minimum absolute atomic E-state index is 0.225. The van der Waals surface area contributed by atoms with Crippen LogP contribution in [0.1, 0.15) is 24.5 Å². The minimum atomic E-state index is -0.379. The van der Waals surface area contributed by atoms with Gasteiger partial charge in [-0.1, -0.05) is 31.2 Å². The highest BCUT2D eigenvalue weighted by molar-refractivity contribution is 5.87. The van der Waals surface area contributed by atoms with Crippen LogP contribution < -0.4 is 0 Å². The highest BCUT2D eigenvalue weighted by Gasteiger charge is 2.00. The molecule has 0 fully saturated rings. The van der Waals surface area contributed by atoms with Crippen molar-refractivity contribution in [2.24, 2.45) is 0 Å². The Morgan fingerprint density at radius 3 is 2.41 bits per heavy atom. The van der Waals surface area contributed by atoms with Gasteiger partial charge in [0.05, 0.1) is 7.11 Å². The minimum Gasteiger partial charge on any atom is -0.466 e. The molecule has 3 heteroatoms. The summed E-state index contributed by atoms with van der Waals surface area (Å²) in [5.74, 6) is -0.155. The van der Waals surface area contributed by atoms with E-state index >= 15 is 0 Å². The molecule has 0 bridgehead atoms. The number of Topliss-reactive ketones (excluding diaryl/α,β-unsaturated/α-hetero) is 1. The summed E-state index contributed by atoms with van der Waals surface area (Å²) < 4.78 is 4.49. The third kappa shape index (κ3) is 4.64. The van der Waals surface area contributed by atoms with Gasteiger partial charge in [0.25, 0.3) is 0 Å². The van der Waals surface area contributed by atoms with E-state index < -0.39 is 0 Å². The fourth-order valence-corrected chi connectivity index (χ4v) is 1.33. The van der Waals surface area contributed by atoms with Gasteiger partial charge in [0, 0.05) is 18.9 Å². The fraction of sp³-hybridized carbons (Fsp3) is 0.286. The lowest BCUT2D eigenvalue weighted by atomic mass is 10.1. The molecular weight excluding hydrogens is 216 g/mol. The van der Waals surface area contributed by atoms with Crippen molar-refractivity contribution in [3.63, 3.8) is 0 Å². The molecule has 0 atom stereocenters. The third-order valence-corrected chi connectivity index (χ3v) is 2.39. The second-order valence-corrected chi connectivity index (χ2v) is 3.67. The maximum atomic E-state index is 11.2. The van der Waals surface area contributed by atoms with Crippen LogP contribution in [-0.2, 0) is 20.7 Å². The predicted octanol–water partition coefficient (Wildman–Crippen LogP) is 2.39. The van der Waals surface area contributed by atoms with E-state index in [9.17, 15) is 9.59 Å². The Kier molecular flexibility index (Phi) is 5.14. The zero-order valence-electron chi connectivity index (χ0n) is 10.1. The lowest BCUT2D eigenvalue weighted by Crippen LogP contribution is -1.99. The maximum Gasteiger partial charge on any atom is 0.330 e. The molecule has 0 aliphatic heterocycles. The van der Waals surface area contributed by atoms with Gasteiger partial charge in [0.15, 0.2) is 0 Å². The Bertz CT molecular complexity index is 416. The highest BCUT2D eigenvalue weighted by Crippen LogP contribution is 2.08. The smallest absolute Gasteiger partial charge is 0.330 e. The molecule has 0 aromatic heterocycles. The van der Waals surface area contributed by atoms with Gasteiger partial charge >= 0.3 is 5.97 Å². The Balaban J connectivity index is 2.65. The molecule has 17 heavy (non-hydrogen) atoms. The summed E-state index contributed by atoms with van der Waals surface area (Å²) in [5, 5.41) is 0. The molecule has 1 aromatic carbocycles.